The first-order valence-electron chi connectivity index (χ1n) is 7.56. The molecule has 1 unspecified atom stereocenters. The highest BCUT2D eigenvalue weighted by molar-refractivity contribution is 7.87. The van der Waals surface area contributed by atoms with Gasteiger partial charge in [-0.2, -0.15) is 8.42 Å². The second-order valence-corrected chi connectivity index (χ2v) is 7.58. The quantitative estimate of drug-likeness (QED) is 0.459. The van der Waals surface area contributed by atoms with E-state index in [0.717, 1.165) is 25.7 Å². The van der Waals surface area contributed by atoms with Crippen molar-refractivity contribution in [1.29, 1.82) is 0 Å². The molecule has 0 aromatic carbocycles. The lowest BCUT2D eigenvalue weighted by Gasteiger charge is -2.22. The molecular formula is C14H28O5S. The van der Waals surface area contributed by atoms with Crippen LogP contribution in [-0.4, -0.2) is 39.3 Å². The highest BCUT2D eigenvalue weighted by Crippen LogP contribution is 2.23. The van der Waals surface area contributed by atoms with Crippen LogP contribution in [0.4, 0.5) is 0 Å². The van der Waals surface area contributed by atoms with Crippen LogP contribution in [0.2, 0.25) is 0 Å². The van der Waals surface area contributed by atoms with Gasteiger partial charge in [0.2, 0.25) is 0 Å². The summed E-state index contributed by atoms with van der Waals surface area (Å²) in [5.41, 5.74) is 0. The fourth-order valence-corrected chi connectivity index (χ4v) is 3.17. The van der Waals surface area contributed by atoms with Gasteiger partial charge in [0.25, 0.3) is 10.1 Å². The number of hydrogen-bond acceptors (Lipinski definition) is 5. The Morgan fingerprint density at radius 3 is 2.45 bits per heavy atom. The lowest BCUT2D eigenvalue weighted by Crippen LogP contribution is -2.29. The summed E-state index contributed by atoms with van der Waals surface area (Å²) in [6.07, 6.45) is 5.40. The third-order valence-corrected chi connectivity index (χ3v) is 5.38. The fourth-order valence-electron chi connectivity index (χ4n) is 2.16. The Bertz CT molecular complexity index is 360. The molecule has 1 aliphatic heterocycles. The molecule has 0 spiro atoms. The van der Waals surface area contributed by atoms with Crippen molar-refractivity contribution in [3.05, 3.63) is 0 Å². The summed E-state index contributed by atoms with van der Waals surface area (Å²) in [7, 11) is -3.48. The summed E-state index contributed by atoms with van der Waals surface area (Å²) in [6, 6.07) is 0. The van der Waals surface area contributed by atoms with Crippen LogP contribution in [0.1, 0.15) is 59.3 Å². The summed E-state index contributed by atoms with van der Waals surface area (Å²) in [4.78, 5) is 0. The summed E-state index contributed by atoms with van der Waals surface area (Å²) < 4.78 is 39.8. The minimum atomic E-state index is -3.48. The van der Waals surface area contributed by atoms with Gasteiger partial charge < -0.3 is 9.47 Å². The molecule has 1 fully saturated rings. The Labute approximate surface area is 123 Å². The lowest BCUT2D eigenvalue weighted by atomic mass is 10.1. The van der Waals surface area contributed by atoms with Crippen molar-refractivity contribution < 1.29 is 22.1 Å². The van der Waals surface area contributed by atoms with Crippen LogP contribution in [0.15, 0.2) is 0 Å². The monoisotopic (exact) mass is 308 g/mol. The normalized spacial score (nSPS) is 20.1. The van der Waals surface area contributed by atoms with Gasteiger partial charge in [-0.25, -0.2) is 0 Å². The van der Waals surface area contributed by atoms with Crippen LogP contribution in [0.25, 0.3) is 0 Å². The van der Waals surface area contributed by atoms with E-state index in [1.165, 1.54) is 0 Å². The van der Waals surface area contributed by atoms with Gasteiger partial charge in [-0.15, -0.1) is 0 Å². The third-order valence-electron chi connectivity index (χ3n) is 3.66. The van der Waals surface area contributed by atoms with Gasteiger partial charge in [-0.1, -0.05) is 32.6 Å². The van der Waals surface area contributed by atoms with Crippen LogP contribution in [0, 0.1) is 0 Å². The van der Waals surface area contributed by atoms with Crippen molar-refractivity contribution in [3.63, 3.8) is 0 Å². The molecule has 120 valence electrons. The number of ether oxygens (including phenoxy) is 2. The van der Waals surface area contributed by atoms with Gasteiger partial charge in [0.15, 0.2) is 5.79 Å². The molecule has 5 nitrogen and oxygen atoms in total. The molecule has 0 aromatic heterocycles. The maximum atomic E-state index is 12.0. The lowest BCUT2D eigenvalue weighted by molar-refractivity contribution is -0.150. The minimum Gasteiger partial charge on any atom is -0.348 e. The maximum Gasteiger partial charge on any atom is 0.269 e. The maximum absolute atomic E-state index is 12.0. The number of rotatable bonds is 10. The van der Waals surface area contributed by atoms with Crippen molar-refractivity contribution in [3.8, 4) is 0 Å². The number of hydrogen-bond donors (Lipinski definition) is 0. The Balaban J connectivity index is 2.25. The van der Waals surface area contributed by atoms with Crippen molar-refractivity contribution in [2.75, 3.05) is 19.8 Å². The molecule has 1 aliphatic rings. The zero-order valence-corrected chi connectivity index (χ0v) is 13.7. The molecular weight excluding hydrogens is 280 g/mol. The first-order chi connectivity index (χ1) is 9.40. The van der Waals surface area contributed by atoms with Gasteiger partial charge in [0, 0.05) is 6.42 Å². The van der Waals surface area contributed by atoms with Crippen LogP contribution in [0.3, 0.4) is 0 Å². The van der Waals surface area contributed by atoms with Gasteiger partial charge in [-0.3, -0.25) is 4.18 Å². The summed E-state index contributed by atoms with van der Waals surface area (Å²) >= 11 is 0. The van der Waals surface area contributed by atoms with Crippen molar-refractivity contribution in [1.82, 2.24) is 0 Å². The second kappa shape index (κ2) is 8.32. The van der Waals surface area contributed by atoms with E-state index in [-0.39, 0.29) is 6.61 Å². The predicted octanol–water partition coefficient (Wildman–Crippen LogP) is 2.84. The molecule has 1 atom stereocenters. The average Bonchev–Trinajstić information content (AvgIpc) is 2.81. The Kier molecular flexibility index (Phi) is 7.43. The standard InChI is InChI=1S/C14H28O5S/c1-4-5-6-7-8-13(2)20(15,16)19-10-9-14(3)17-11-12-18-14/h13H,4-12H2,1-3H3. The SMILES string of the molecule is CCCCCCC(C)S(=O)(=O)OCCC1(C)OCCO1. The van der Waals surface area contributed by atoms with Gasteiger partial charge in [-0.05, 0) is 20.3 Å². The molecule has 6 heteroatoms. The summed E-state index contributed by atoms with van der Waals surface area (Å²) in [5, 5.41) is -0.447. The Hall–Kier alpha value is -0.170. The molecule has 0 N–H and O–H groups in total. The van der Waals surface area contributed by atoms with Crippen LogP contribution >= 0.6 is 0 Å². The van der Waals surface area contributed by atoms with Crippen molar-refractivity contribution in [2.24, 2.45) is 0 Å². The second-order valence-electron chi connectivity index (χ2n) is 5.56. The predicted molar refractivity (Wildman–Crippen MR) is 78.0 cm³/mol. The first-order valence-corrected chi connectivity index (χ1v) is 9.03. The zero-order chi connectivity index (χ0) is 15.1. The summed E-state index contributed by atoms with van der Waals surface area (Å²) in [6.45, 7) is 6.87. The molecule has 1 saturated heterocycles. The van der Waals surface area contributed by atoms with Crippen LogP contribution < -0.4 is 0 Å². The molecule has 0 saturated carbocycles. The molecule has 0 bridgehead atoms. The van der Waals surface area contributed by atoms with Gasteiger partial charge in [0.05, 0.1) is 25.1 Å². The Morgan fingerprint density at radius 2 is 1.85 bits per heavy atom. The smallest absolute Gasteiger partial charge is 0.269 e. The Morgan fingerprint density at radius 1 is 1.20 bits per heavy atom. The molecule has 1 rings (SSSR count). The van der Waals surface area contributed by atoms with Crippen LogP contribution in [0.5, 0.6) is 0 Å². The van der Waals surface area contributed by atoms with E-state index >= 15 is 0 Å². The van der Waals surface area contributed by atoms with E-state index < -0.39 is 21.2 Å². The van der Waals surface area contributed by atoms with Crippen molar-refractivity contribution >= 4 is 10.1 Å². The van der Waals surface area contributed by atoms with E-state index in [1.807, 2.05) is 6.92 Å². The minimum absolute atomic E-state index is 0.109. The molecule has 0 aromatic rings. The molecule has 0 radical (unpaired) electrons. The highest BCUT2D eigenvalue weighted by atomic mass is 32.2. The topological polar surface area (TPSA) is 61.8 Å². The molecule has 0 aliphatic carbocycles. The highest BCUT2D eigenvalue weighted by Gasteiger charge is 2.31. The average molecular weight is 308 g/mol. The van der Waals surface area contributed by atoms with Crippen LogP contribution in [-0.2, 0) is 23.8 Å². The summed E-state index contributed by atoms with van der Waals surface area (Å²) in [5.74, 6) is -0.695. The van der Waals surface area contributed by atoms with Gasteiger partial charge in [0.1, 0.15) is 0 Å². The molecule has 0 amide bonds. The molecule has 20 heavy (non-hydrogen) atoms. The van der Waals surface area contributed by atoms with E-state index in [4.69, 9.17) is 13.7 Å². The first kappa shape index (κ1) is 17.9. The van der Waals surface area contributed by atoms with E-state index in [9.17, 15) is 8.42 Å². The molecule has 1 heterocycles. The van der Waals surface area contributed by atoms with Crippen molar-refractivity contribution in [2.45, 2.75) is 70.3 Å². The number of unbranched alkanes of at least 4 members (excludes halogenated alkanes) is 3. The van der Waals surface area contributed by atoms with Gasteiger partial charge >= 0.3 is 0 Å². The van der Waals surface area contributed by atoms with E-state index in [0.29, 0.717) is 26.1 Å². The largest absolute Gasteiger partial charge is 0.348 e. The zero-order valence-electron chi connectivity index (χ0n) is 12.9. The fraction of sp³-hybridized carbons (Fsp3) is 1.00. The third kappa shape index (κ3) is 6.08. The van der Waals surface area contributed by atoms with E-state index in [1.54, 1.807) is 6.92 Å². The van der Waals surface area contributed by atoms with E-state index in [2.05, 4.69) is 6.92 Å².